The summed E-state index contributed by atoms with van der Waals surface area (Å²) in [6.07, 6.45) is -3.47. The molecule has 2 heterocycles. The molecule has 1 saturated heterocycles. The second-order valence-electron chi connectivity index (χ2n) is 8.01. The fourth-order valence-electron chi connectivity index (χ4n) is 3.89. The third-order valence-corrected chi connectivity index (χ3v) is 5.88. The van der Waals surface area contributed by atoms with Crippen LogP contribution in [0.4, 0.5) is 0 Å². The van der Waals surface area contributed by atoms with E-state index in [4.69, 9.17) is 11.6 Å². The lowest BCUT2D eigenvalue weighted by Gasteiger charge is -2.27. The lowest BCUT2D eigenvalue weighted by Crippen LogP contribution is -2.52. The molecule has 0 radical (unpaired) electrons. The first-order valence-electron chi connectivity index (χ1n) is 10.3. The number of aliphatic hydroxyl groups excluding tert-OH is 3. The molecule has 5 N–H and O–H groups in total. The smallest absolute Gasteiger partial charge is 0.268 e. The van der Waals surface area contributed by atoms with Crippen LogP contribution in [0.15, 0.2) is 54.6 Å². The van der Waals surface area contributed by atoms with Gasteiger partial charge in [-0.1, -0.05) is 41.9 Å². The molecule has 0 spiro atoms. The molecule has 2 aromatic carbocycles. The summed E-state index contributed by atoms with van der Waals surface area (Å²) in [6, 6.07) is 15.1. The number of nitrogens with one attached hydrogen (secondary N) is 2. The lowest BCUT2D eigenvalue weighted by molar-refractivity contribution is -0.141. The SMILES string of the molecule is O=C(NC(Cc1ccccc1)[C@@H](O)C(=O)N1C[C@H](O)[C@@H](O)C1)c1cc2cc(Cl)ccc2[nH]1. The maximum atomic E-state index is 13.0. The van der Waals surface area contributed by atoms with Crippen LogP contribution in [0.25, 0.3) is 10.9 Å². The molecule has 168 valence electrons. The number of aliphatic hydroxyl groups is 3. The molecule has 4 rings (SSSR count). The van der Waals surface area contributed by atoms with E-state index in [1.807, 2.05) is 30.3 Å². The molecule has 4 atom stereocenters. The third-order valence-electron chi connectivity index (χ3n) is 5.65. The topological polar surface area (TPSA) is 126 Å². The van der Waals surface area contributed by atoms with Gasteiger partial charge in [-0.15, -0.1) is 0 Å². The lowest BCUT2D eigenvalue weighted by atomic mass is 10.00. The van der Waals surface area contributed by atoms with Gasteiger partial charge in [0.2, 0.25) is 0 Å². The molecule has 0 saturated carbocycles. The van der Waals surface area contributed by atoms with Gasteiger partial charge in [0.1, 0.15) is 5.69 Å². The summed E-state index contributed by atoms with van der Waals surface area (Å²) in [6.45, 7) is -0.155. The minimum Gasteiger partial charge on any atom is -0.388 e. The summed E-state index contributed by atoms with van der Waals surface area (Å²) in [7, 11) is 0. The monoisotopic (exact) mass is 457 g/mol. The number of β-amino-alcohol motifs (C(OH)–C–C–N with tert-alkyl or cyclic N) is 2. The maximum Gasteiger partial charge on any atom is 0.268 e. The molecule has 9 heteroatoms. The Morgan fingerprint density at radius 2 is 1.78 bits per heavy atom. The zero-order valence-electron chi connectivity index (χ0n) is 17.1. The van der Waals surface area contributed by atoms with Crippen LogP contribution >= 0.6 is 11.6 Å². The molecular weight excluding hydrogens is 434 g/mol. The van der Waals surface area contributed by atoms with Gasteiger partial charge in [-0.05, 0) is 36.2 Å². The van der Waals surface area contributed by atoms with Gasteiger partial charge in [0, 0.05) is 29.0 Å². The van der Waals surface area contributed by atoms with E-state index in [9.17, 15) is 24.9 Å². The number of nitrogens with zero attached hydrogens (tertiary/aromatic N) is 1. The predicted molar refractivity (Wildman–Crippen MR) is 119 cm³/mol. The Morgan fingerprint density at radius 1 is 1.09 bits per heavy atom. The predicted octanol–water partition coefficient (Wildman–Crippen LogP) is 1.09. The quantitative estimate of drug-likeness (QED) is 0.379. The molecule has 8 nitrogen and oxygen atoms in total. The van der Waals surface area contributed by atoms with E-state index in [0.717, 1.165) is 16.5 Å². The van der Waals surface area contributed by atoms with Crippen molar-refractivity contribution in [2.24, 2.45) is 0 Å². The van der Waals surface area contributed by atoms with Gasteiger partial charge in [-0.25, -0.2) is 0 Å². The van der Waals surface area contributed by atoms with Crippen LogP contribution in [0, 0.1) is 0 Å². The molecule has 32 heavy (non-hydrogen) atoms. The summed E-state index contributed by atoms with van der Waals surface area (Å²) in [5, 5.41) is 34.4. The molecule has 2 amide bonds. The Hall–Kier alpha value is -2.91. The Morgan fingerprint density at radius 3 is 2.47 bits per heavy atom. The van der Waals surface area contributed by atoms with E-state index in [1.165, 1.54) is 4.90 Å². The maximum absolute atomic E-state index is 13.0. The van der Waals surface area contributed by atoms with Gasteiger partial charge >= 0.3 is 0 Å². The highest BCUT2D eigenvalue weighted by Gasteiger charge is 2.38. The van der Waals surface area contributed by atoms with E-state index >= 15 is 0 Å². The fourth-order valence-corrected chi connectivity index (χ4v) is 4.07. The van der Waals surface area contributed by atoms with Gasteiger partial charge in [-0.2, -0.15) is 0 Å². The average Bonchev–Trinajstić information content (AvgIpc) is 3.35. The average molecular weight is 458 g/mol. The second-order valence-corrected chi connectivity index (χ2v) is 8.44. The normalized spacial score (nSPS) is 20.3. The summed E-state index contributed by atoms with van der Waals surface area (Å²) in [4.78, 5) is 30.0. The zero-order valence-corrected chi connectivity index (χ0v) is 17.9. The largest absolute Gasteiger partial charge is 0.388 e. The zero-order chi connectivity index (χ0) is 22.8. The van der Waals surface area contributed by atoms with Gasteiger partial charge in [0.15, 0.2) is 6.10 Å². The Bertz CT molecular complexity index is 1110. The molecule has 1 unspecified atom stereocenters. The van der Waals surface area contributed by atoms with Gasteiger partial charge in [0.25, 0.3) is 11.8 Å². The van der Waals surface area contributed by atoms with Crippen LogP contribution < -0.4 is 5.32 Å². The van der Waals surface area contributed by atoms with Crippen LogP contribution in [-0.2, 0) is 11.2 Å². The Balaban J connectivity index is 1.55. The number of fused-ring (bicyclic) bond motifs is 1. The van der Waals surface area contributed by atoms with Gasteiger partial charge in [0.05, 0.1) is 18.2 Å². The van der Waals surface area contributed by atoms with Crippen molar-refractivity contribution in [2.75, 3.05) is 13.1 Å². The van der Waals surface area contributed by atoms with Crippen molar-refractivity contribution < 1.29 is 24.9 Å². The number of benzene rings is 2. The molecule has 1 fully saturated rings. The summed E-state index contributed by atoms with van der Waals surface area (Å²) in [5.74, 6) is -1.14. The van der Waals surface area contributed by atoms with Crippen LogP contribution in [0.5, 0.6) is 0 Å². The number of H-pyrrole nitrogens is 1. The van der Waals surface area contributed by atoms with Crippen LogP contribution in [0.3, 0.4) is 0 Å². The summed E-state index contributed by atoms with van der Waals surface area (Å²) in [5.41, 5.74) is 1.83. The minimum atomic E-state index is -1.56. The fraction of sp³-hybridized carbons (Fsp3) is 0.304. The highest BCUT2D eigenvalue weighted by Crippen LogP contribution is 2.21. The first-order valence-corrected chi connectivity index (χ1v) is 10.7. The number of amides is 2. The second kappa shape index (κ2) is 9.30. The molecule has 3 aromatic rings. The minimum absolute atomic E-state index is 0.0775. The van der Waals surface area contributed by atoms with E-state index in [0.29, 0.717) is 5.02 Å². The standard InChI is InChI=1S/C23H24ClN3O5/c24-15-6-7-16-14(9-15)10-18(25-16)22(31)26-17(8-13-4-2-1-3-5-13)21(30)23(32)27-11-19(28)20(29)12-27/h1-7,9-10,17,19-21,25,28-30H,8,11-12H2,(H,26,31)/t17?,19-,20-,21+/m0/s1. The number of carbonyl (C=O) groups is 2. The van der Waals surface area contributed by atoms with Crippen LogP contribution in [0.1, 0.15) is 16.1 Å². The summed E-state index contributed by atoms with van der Waals surface area (Å²) >= 11 is 6.02. The van der Waals surface area contributed by atoms with Crippen molar-refractivity contribution in [1.82, 2.24) is 15.2 Å². The van der Waals surface area contributed by atoms with Gasteiger partial charge < -0.3 is 30.5 Å². The number of hydrogen-bond acceptors (Lipinski definition) is 5. The van der Waals surface area contributed by atoms with Crippen molar-refractivity contribution in [3.8, 4) is 0 Å². The van der Waals surface area contributed by atoms with E-state index in [-0.39, 0.29) is 25.2 Å². The highest BCUT2D eigenvalue weighted by molar-refractivity contribution is 6.31. The van der Waals surface area contributed by atoms with Crippen molar-refractivity contribution in [3.05, 3.63) is 70.9 Å². The van der Waals surface area contributed by atoms with Crippen molar-refractivity contribution in [1.29, 1.82) is 0 Å². The molecule has 1 aliphatic rings. The molecule has 1 aliphatic heterocycles. The van der Waals surface area contributed by atoms with Crippen molar-refractivity contribution in [3.63, 3.8) is 0 Å². The van der Waals surface area contributed by atoms with Crippen molar-refractivity contribution >= 4 is 34.3 Å². The Labute approximate surface area is 189 Å². The molecule has 0 aliphatic carbocycles. The highest BCUT2D eigenvalue weighted by atomic mass is 35.5. The van der Waals surface area contributed by atoms with Crippen LogP contribution in [-0.4, -0.2) is 74.5 Å². The van der Waals surface area contributed by atoms with Crippen molar-refractivity contribution in [2.45, 2.75) is 30.8 Å². The number of rotatable bonds is 6. The molecular formula is C23H24ClN3O5. The van der Waals surface area contributed by atoms with Gasteiger partial charge in [-0.3, -0.25) is 9.59 Å². The Kier molecular flexibility index (Phi) is 6.48. The first kappa shape index (κ1) is 22.3. The number of aromatic nitrogens is 1. The van der Waals surface area contributed by atoms with Crippen LogP contribution in [0.2, 0.25) is 5.02 Å². The van der Waals surface area contributed by atoms with E-state index < -0.39 is 36.2 Å². The van der Waals surface area contributed by atoms with E-state index in [1.54, 1.807) is 24.3 Å². The number of halogens is 1. The first-order chi connectivity index (χ1) is 15.3. The number of aromatic amines is 1. The molecule has 1 aromatic heterocycles. The number of carbonyl (C=O) groups excluding carboxylic acids is 2. The number of hydrogen-bond donors (Lipinski definition) is 5. The number of likely N-dealkylation sites (tertiary alicyclic amines) is 1. The van der Waals surface area contributed by atoms with E-state index in [2.05, 4.69) is 10.3 Å². The molecule has 0 bridgehead atoms. The summed E-state index contributed by atoms with van der Waals surface area (Å²) < 4.78 is 0. The third kappa shape index (κ3) is 4.78.